The molecular weight excluding hydrogens is 350 g/mol. The summed E-state index contributed by atoms with van der Waals surface area (Å²) >= 11 is 0. The summed E-state index contributed by atoms with van der Waals surface area (Å²) in [5.74, 6) is 0.421. The predicted molar refractivity (Wildman–Crippen MR) is 109 cm³/mol. The number of carbonyl (C=O) groups is 2. The van der Waals surface area contributed by atoms with Crippen LogP contribution in [0, 0.1) is 12.8 Å². The number of amides is 2. The molecule has 26 heavy (non-hydrogen) atoms. The van der Waals surface area contributed by atoms with Gasteiger partial charge in [0.1, 0.15) is 0 Å². The molecule has 0 spiro atoms. The van der Waals surface area contributed by atoms with Crippen molar-refractivity contribution in [2.24, 2.45) is 5.92 Å². The Kier molecular flexibility index (Phi) is 9.09. The van der Waals surface area contributed by atoms with Gasteiger partial charge in [0.05, 0.1) is 0 Å². The lowest BCUT2D eigenvalue weighted by molar-refractivity contribution is -0.116. The standard InChI is InChI=1S/C20H31N3O2.ClH/c1-5-10-23(17-8-9-21-13-17)20(25)16-6-7-18(15(4)12-16)22-19(24)11-14(2)3;/h6-7,12,14,17,21H,5,8-11,13H2,1-4H3,(H,22,24);1H. The van der Waals surface area contributed by atoms with Gasteiger partial charge >= 0.3 is 0 Å². The number of hydrogen-bond acceptors (Lipinski definition) is 3. The molecule has 0 aliphatic carbocycles. The molecule has 1 atom stereocenters. The third-order valence-electron chi connectivity index (χ3n) is 4.54. The van der Waals surface area contributed by atoms with Crippen molar-refractivity contribution in [3.8, 4) is 0 Å². The molecular formula is C20H32ClN3O2. The maximum absolute atomic E-state index is 13.0. The summed E-state index contributed by atoms with van der Waals surface area (Å²) in [5.41, 5.74) is 2.40. The van der Waals surface area contributed by atoms with Gasteiger partial charge in [-0.2, -0.15) is 0 Å². The first kappa shape index (κ1) is 22.5. The molecule has 2 rings (SSSR count). The SMILES string of the molecule is CCCN(C(=O)c1ccc(NC(=O)CC(C)C)c(C)c1)C1CCNC1.Cl. The average molecular weight is 382 g/mol. The fourth-order valence-electron chi connectivity index (χ4n) is 3.27. The van der Waals surface area contributed by atoms with E-state index >= 15 is 0 Å². The molecule has 1 unspecified atom stereocenters. The second-order valence-corrected chi connectivity index (χ2v) is 7.32. The van der Waals surface area contributed by atoms with Crippen LogP contribution < -0.4 is 10.6 Å². The quantitative estimate of drug-likeness (QED) is 0.758. The van der Waals surface area contributed by atoms with Crippen LogP contribution >= 0.6 is 12.4 Å². The summed E-state index contributed by atoms with van der Waals surface area (Å²) in [6.45, 7) is 10.7. The highest BCUT2D eigenvalue weighted by Gasteiger charge is 2.26. The summed E-state index contributed by atoms with van der Waals surface area (Å²) in [7, 11) is 0. The topological polar surface area (TPSA) is 61.4 Å². The van der Waals surface area contributed by atoms with Crippen molar-refractivity contribution in [3.63, 3.8) is 0 Å². The third-order valence-corrected chi connectivity index (χ3v) is 4.54. The predicted octanol–water partition coefficient (Wildman–Crippen LogP) is 3.62. The first-order valence-electron chi connectivity index (χ1n) is 9.34. The lowest BCUT2D eigenvalue weighted by Crippen LogP contribution is -2.42. The molecule has 0 bridgehead atoms. The Labute approximate surface area is 163 Å². The minimum Gasteiger partial charge on any atom is -0.334 e. The van der Waals surface area contributed by atoms with Crippen molar-refractivity contribution < 1.29 is 9.59 Å². The Morgan fingerprint density at radius 1 is 1.35 bits per heavy atom. The lowest BCUT2D eigenvalue weighted by atomic mass is 10.1. The van der Waals surface area contributed by atoms with Crippen molar-refractivity contribution in [3.05, 3.63) is 29.3 Å². The van der Waals surface area contributed by atoms with E-state index in [2.05, 4.69) is 17.6 Å². The second-order valence-electron chi connectivity index (χ2n) is 7.32. The number of carbonyl (C=O) groups excluding carboxylic acids is 2. The molecule has 0 aromatic heterocycles. The molecule has 0 radical (unpaired) electrons. The van der Waals surface area contributed by atoms with Crippen LogP contribution in [0.3, 0.4) is 0 Å². The number of rotatable bonds is 7. The summed E-state index contributed by atoms with van der Waals surface area (Å²) in [6, 6.07) is 5.83. The molecule has 1 aromatic carbocycles. The summed E-state index contributed by atoms with van der Waals surface area (Å²) in [4.78, 5) is 26.9. The van der Waals surface area contributed by atoms with Gasteiger partial charge in [-0.15, -0.1) is 12.4 Å². The Morgan fingerprint density at radius 2 is 2.08 bits per heavy atom. The molecule has 1 aromatic rings. The zero-order valence-corrected chi connectivity index (χ0v) is 17.1. The highest BCUT2D eigenvalue weighted by atomic mass is 35.5. The number of anilines is 1. The van der Waals surface area contributed by atoms with Gasteiger partial charge in [-0.05, 0) is 56.0 Å². The second kappa shape index (κ2) is 10.5. The number of nitrogens with one attached hydrogen (secondary N) is 2. The number of hydrogen-bond donors (Lipinski definition) is 2. The van der Waals surface area contributed by atoms with Crippen molar-refractivity contribution in [1.29, 1.82) is 0 Å². The van der Waals surface area contributed by atoms with Crippen LogP contribution in [0.2, 0.25) is 0 Å². The van der Waals surface area contributed by atoms with Crippen molar-refractivity contribution in [1.82, 2.24) is 10.2 Å². The molecule has 2 N–H and O–H groups in total. The molecule has 1 aliphatic heterocycles. The van der Waals surface area contributed by atoms with E-state index in [4.69, 9.17) is 0 Å². The van der Waals surface area contributed by atoms with Crippen LogP contribution in [0.1, 0.15) is 56.0 Å². The highest BCUT2D eigenvalue weighted by Crippen LogP contribution is 2.20. The van der Waals surface area contributed by atoms with Gasteiger partial charge in [0.15, 0.2) is 0 Å². The molecule has 1 heterocycles. The largest absolute Gasteiger partial charge is 0.334 e. The monoisotopic (exact) mass is 381 g/mol. The van der Waals surface area contributed by atoms with Crippen LogP contribution in [0.25, 0.3) is 0 Å². The van der Waals surface area contributed by atoms with Gasteiger partial charge in [-0.3, -0.25) is 9.59 Å². The maximum atomic E-state index is 13.0. The Bertz CT molecular complexity index is 613. The number of halogens is 1. The molecule has 6 heteroatoms. The van der Waals surface area contributed by atoms with Crippen LogP contribution in [-0.4, -0.2) is 42.4 Å². The number of nitrogens with zero attached hydrogens (tertiary/aromatic N) is 1. The van der Waals surface area contributed by atoms with E-state index < -0.39 is 0 Å². The molecule has 146 valence electrons. The van der Waals surface area contributed by atoms with E-state index in [1.165, 1.54) is 0 Å². The minimum absolute atomic E-state index is 0. The molecule has 1 aliphatic rings. The maximum Gasteiger partial charge on any atom is 0.254 e. The first-order chi connectivity index (χ1) is 11.9. The summed E-state index contributed by atoms with van der Waals surface area (Å²) in [5, 5.41) is 6.28. The molecule has 1 fully saturated rings. The van der Waals surface area contributed by atoms with Crippen LogP contribution in [0.4, 0.5) is 5.69 Å². The fraction of sp³-hybridized carbons (Fsp3) is 0.600. The Balaban J connectivity index is 0.00000338. The van der Waals surface area contributed by atoms with Gasteiger partial charge in [0.2, 0.25) is 5.91 Å². The normalized spacial score (nSPS) is 16.3. The van der Waals surface area contributed by atoms with Crippen LogP contribution in [-0.2, 0) is 4.79 Å². The van der Waals surface area contributed by atoms with Crippen molar-refractivity contribution in [2.75, 3.05) is 25.0 Å². The van der Waals surface area contributed by atoms with E-state index in [1.807, 2.05) is 43.9 Å². The van der Waals surface area contributed by atoms with Crippen LogP contribution in [0.15, 0.2) is 18.2 Å². The van der Waals surface area contributed by atoms with Gasteiger partial charge in [-0.1, -0.05) is 20.8 Å². The van der Waals surface area contributed by atoms with Gasteiger partial charge in [0, 0.05) is 36.8 Å². The number of benzene rings is 1. The van der Waals surface area contributed by atoms with Crippen molar-refractivity contribution >= 4 is 29.9 Å². The van der Waals surface area contributed by atoms with Crippen molar-refractivity contribution in [2.45, 2.75) is 53.0 Å². The van der Waals surface area contributed by atoms with E-state index in [0.29, 0.717) is 17.9 Å². The zero-order chi connectivity index (χ0) is 18.4. The van der Waals surface area contributed by atoms with E-state index in [0.717, 1.165) is 43.7 Å². The molecule has 1 saturated heterocycles. The minimum atomic E-state index is 0. The molecule has 0 saturated carbocycles. The Morgan fingerprint density at radius 3 is 2.62 bits per heavy atom. The van der Waals surface area contributed by atoms with E-state index in [1.54, 1.807) is 0 Å². The van der Waals surface area contributed by atoms with Gasteiger partial charge in [0.25, 0.3) is 5.91 Å². The lowest BCUT2D eigenvalue weighted by Gasteiger charge is -2.28. The zero-order valence-electron chi connectivity index (χ0n) is 16.3. The Hall–Kier alpha value is -1.59. The summed E-state index contributed by atoms with van der Waals surface area (Å²) < 4.78 is 0. The fourth-order valence-corrected chi connectivity index (χ4v) is 3.27. The smallest absolute Gasteiger partial charge is 0.254 e. The van der Waals surface area contributed by atoms with Gasteiger partial charge in [-0.25, -0.2) is 0 Å². The third kappa shape index (κ3) is 5.99. The summed E-state index contributed by atoms with van der Waals surface area (Å²) in [6.07, 6.45) is 2.46. The van der Waals surface area contributed by atoms with Gasteiger partial charge < -0.3 is 15.5 Å². The van der Waals surface area contributed by atoms with Crippen LogP contribution in [0.5, 0.6) is 0 Å². The average Bonchev–Trinajstić information content (AvgIpc) is 3.07. The van der Waals surface area contributed by atoms with E-state index in [9.17, 15) is 9.59 Å². The number of aryl methyl sites for hydroxylation is 1. The highest BCUT2D eigenvalue weighted by molar-refractivity contribution is 5.96. The first-order valence-corrected chi connectivity index (χ1v) is 9.34. The van der Waals surface area contributed by atoms with E-state index in [-0.39, 0.29) is 30.3 Å². The molecule has 2 amide bonds. The molecule has 5 nitrogen and oxygen atoms in total.